The molecule has 1 aromatic carbocycles. The normalized spacial score (nSPS) is 30.8. The van der Waals surface area contributed by atoms with Crippen LogP contribution in [0.15, 0.2) is 24.3 Å². The molecule has 0 amide bonds. The highest BCUT2D eigenvalue weighted by Crippen LogP contribution is 2.44. The highest BCUT2D eigenvalue weighted by molar-refractivity contribution is 5.37. The first-order chi connectivity index (χ1) is 8.69. The molecule has 2 fully saturated rings. The minimum absolute atomic E-state index is 0.000341. The van der Waals surface area contributed by atoms with E-state index in [0.29, 0.717) is 0 Å². The van der Waals surface area contributed by atoms with Crippen molar-refractivity contribution in [1.29, 1.82) is 0 Å². The zero-order chi connectivity index (χ0) is 12.6. The van der Waals surface area contributed by atoms with E-state index in [1.807, 2.05) is 0 Å². The van der Waals surface area contributed by atoms with Crippen LogP contribution in [0.1, 0.15) is 68.9 Å². The van der Waals surface area contributed by atoms with Gasteiger partial charge >= 0.3 is 0 Å². The van der Waals surface area contributed by atoms with Crippen molar-refractivity contribution in [3.05, 3.63) is 35.4 Å². The summed E-state index contributed by atoms with van der Waals surface area (Å²) in [4.78, 5) is 0. The maximum Gasteiger partial charge on any atom is 0.0412 e. The second-order valence-electron chi connectivity index (χ2n) is 6.55. The zero-order valence-corrected chi connectivity index (χ0v) is 11.5. The van der Waals surface area contributed by atoms with Crippen LogP contribution < -0.4 is 5.73 Å². The molecule has 2 aliphatic carbocycles. The second-order valence-corrected chi connectivity index (χ2v) is 6.55. The van der Waals surface area contributed by atoms with Crippen LogP contribution in [0.4, 0.5) is 0 Å². The molecule has 0 aliphatic heterocycles. The van der Waals surface area contributed by atoms with Gasteiger partial charge in [-0.05, 0) is 55.1 Å². The Bertz CT molecular complexity index is 411. The van der Waals surface area contributed by atoms with Crippen molar-refractivity contribution < 1.29 is 0 Å². The quantitative estimate of drug-likeness (QED) is 0.822. The first kappa shape index (κ1) is 12.2. The van der Waals surface area contributed by atoms with Gasteiger partial charge in [-0.2, -0.15) is 0 Å². The number of rotatable bonds is 2. The van der Waals surface area contributed by atoms with Crippen LogP contribution in [0, 0.1) is 5.92 Å². The minimum Gasteiger partial charge on any atom is -0.321 e. The number of benzene rings is 1. The van der Waals surface area contributed by atoms with Crippen molar-refractivity contribution in [2.75, 3.05) is 0 Å². The summed E-state index contributed by atoms with van der Waals surface area (Å²) in [5.41, 5.74) is 9.57. The Hall–Kier alpha value is -0.820. The lowest BCUT2D eigenvalue weighted by atomic mass is 9.68. The van der Waals surface area contributed by atoms with Gasteiger partial charge in [0, 0.05) is 5.54 Å². The third-order valence-corrected chi connectivity index (χ3v) is 5.20. The van der Waals surface area contributed by atoms with Crippen LogP contribution >= 0.6 is 0 Å². The summed E-state index contributed by atoms with van der Waals surface area (Å²) in [6.07, 6.45) is 9.13. The average molecular weight is 243 g/mol. The monoisotopic (exact) mass is 243 g/mol. The molecule has 2 saturated carbocycles. The summed E-state index contributed by atoms with van der Waals surface area (Å²) in [5.74, 6) is 1.68. The zero-order valence-electron chi connectivity index (χ0n) is 11.5. The van der Waals surface area contributed by atoms with Crippen LogP contribution in [0.25, 0.3) is 0 Å². The molecular weight excluding hydrogens is 218 g/mol. The SMILES string of the molecule is CC1CCC(c2ccccc2C2(N)CCC2)CC1. The fourth-order valence-corrected chi connectivity index (χ4v) is 3.70. The van der Waals surface area contributed by atoms with Crippen LogP contribution in [0.5, 0.6) is 0 Å². The molecule has 0 unspecified atom stereocenters. The fourth-order valence-electron chi connectivity index (χ4n) is 3.70. The summed E-state index contributed by atoms with van der Waals surface area (Å²) in [5, 5.41) is 0. The second kappa shape index (κ2) is 4.70. The largest absolute Gasteiger partial charge is 0.321 e. The summed E-state index contributed by atoms with van der Waals surface area (Å²) in [7, 11) is 0. The molecule has 0 bridgehead atoms. The molecule has 0 aromatic heterocycles. The predicted molar refractivity (Wildman–Crippen MR) is 76.5 cm³/mol. The highest BCUT2D eigenvalue weighted by Gasteiger charge is 2.37. The van der Waals surface area contributed by atoms with Crippen molar-refractivity contribution in [2.24, 2.45) is 11.7 Å². The Balaban J connectivity index is 1.87. The van der Waals surface area contributed by atoms with Crippen molar-refractivity contribution in [2.45, 2.75) is 63.3 Å². The van der Waals surface area contributed by atoms with Crippen LogP contribution in [-0.4, -0.2) is 0 Å². The van der Waals surface area contributed by atoms with Gasteiger partial charge in [0.1, 0.15) is 0 Å². The number of nitrogens with two attached hydrogens (primary N) is 1. The Kier molecular flexibility index (Phi) is 3.19. The summed E-state index contributed by atoms with van der Waals surface area (Å²) in [6, 6.07) is 8.98. The highest BCUT2D eigenvalue weighted by atomic mass is 14.8. The van der Waals surface area contributed by atoms with Gasteiger partial charge in [0.2, 0.25) is 0 Å². The molecular formula is C17H25N. The van der Waals surface area contributed by atoms with Crippen LogP contribution in [-0.2, 0) is 5.54 Å². The van der Waals surface area contributed by atoms with E-state index >= 15 is 0 Å². The van der Waals surface area contributed by atoms with Crippen molar-refractivity contribution in [3.8, 4) is 0 Å². The Morgan fingerprint density at radius 2 is 1.72 bits per heavy atom. The van der Waals surface area contributed by atoms with Crippen LogP contribution in [0.3, 0.4) is 0 Å². The predicted octanol–water partition coefficient (Wildman–Crippen LogP) is 4.32. The molecule has 3 rings (SSSR count). The van der Waals surface area contributed by atoms with Crippen LogP contribution in [0.2, 0.25) is 0 Å². The average Bonchev–Trinajstić information content (AvgIpc) is 2.37. The van der Waals surface area contributed by atoms with E-state index in [-0.39, 0.29) is 5.54 Å². The smallest absolute Gasteiger partial charge is 0.0412 e. The van der Waals surface area contributed by atoms with Crippen molar-refractivity contribution in [3.63, 3.8) is 0 Å². The van der Waals surface area contributed by atoms with Gasteiger partial charge < -0.3 is 5.73 Å². The van der Waals surface area contributed by atoms with E-state index in [1.165, 1.54) is 50.5 Å². The van der Waals surface area contributed by atoms with E-state index in [4.69, 9.17) is 5.73 Å². The van der Waals surface area contributed by atoms with Gasteiger partial charge in [0.05, 0.1) is 0 Å². The van der Waals surface area contributed by atoms with Gasteiger partial charge in [0.25, 0.3) is 0 Å². The fraction of sp³-hybridized carbons (Fsp3) is 0.647. The molecule has 0 atom stereocenters. The lowest BCUT2D eigenvalue weighted by Gasteiger charge is -2.41. The molecule has 1 aromatic rings. The Labute approximate surface area is 111 Å². The molecule has 0 saturated heterocycles. The van der Waals surface area contributed by atoms with E-state index in [0.717, 1.165) is 11.8 Å². The van der Waals surface area contributed by atoms with Gasteiger partial charge in [-0.15, -0.1) is 0 Å². The van der Waals surface area contributed by atoms with E-state index in [2.05, 4.69) is 31.2 Å². The van der Waals surface area contributed by atoms with Gasteiger partial charge in [-0.1, -0.05) is 44.0 Å². The lowest BCUT2D eigenvalue weighted by molar-refractivity contribution is 0.248. The maximum atomic E-state index is 6.56. The van der Waals surface area contributed by atoms with Gasteiger partial charge in [-0.3, -0.25) is 0 Å². The molecule has 18 heavy (non-hydrogen) atoms. The van der Waals surface area contributed by atoms with E-state index < -0.39 is 0 Å². The molecule has 2 N–H and O–H groups in total. The molecule has 98 valence electrons. The molecule has 0 heterocycles. The number of hydrogen-bond donors (Lipinski definition) is 1. The molecule has 0 radical (unpaired) electrons. The summed E-state index contributed by atoms with van der Waals surface area (Å²) >= 11 is 0. The first-order valence-corrected chi connectivity index (χ1v) is 7.57. The molecule has 1 heteroatoms. The van der Waals surface area contributed by atoms with Gasteiger partial charge in [-0.25, -0.2) is 0 Å². The van der Waals surface area contributed by atoms with Gasteiger partial charge in [0.15, 0.2) is 0 Å². The lowest BCUT2D eigenvalue weighted by Crippen LogP contribution is -2.44. The molecule has 0 spiro atoms. The summed E-state index contributed by atoms with van der Waals surface area (Å²) in [6.45, 7) is 2.39. The number of hydrogen-bond acceptors (Lipinski definition) is 1. The Morgan fingerprint density at radius 3 is 2.33 bits per heavy atom. The summed E-state index contributed by atoms with van der Waals surface area (Å²) < 4.78 is 0. The van der Waals surface area contributed by atoms with E-state index in [1.54, 1.807) is 5.56 Å². The van der Waals surface area contributed by atoms with Crippen molar-refractivity contribution >= 4 is 0 Å². The molecule has 1 nitrogen and oxygen atoms in total. The molecule has 2 aliphatic rings. The van der Waals surface area contributed by atoms with E-state index in [9.17, 15) is 0 Å². The van der Waals surface area contributed by atoms with Crippen molar-refractivity contribution in [1.82, 2.24) is 0 Å². The Morgan fingerprint density at radius 1 is 1.06 bits per heavy atom. The maximum absolute atomic E-state index is 6.56. The standard InChI is InChI=1S/C17H25N/c1-13-7-9-14(10-8-13)15-5-2-3-6-16(15)17(18)11-4-12-17/h2-3,5-6,13-14H,4,7-12,18H2,1H3. The topological polar surface area (TPSA) is 26.0 Å². The third kappa shape index (κ3) is 2.09. The minimum atomic E-state index is -0.000341. The third-order valence-electron chi connectivity index (χ3n) is 5.20. The first-order valence-electron chi connectivity index (χ1n) is 7.57.